The molecule has 1 amide bonds. The average molecular weight is 611 g/mol. The SMILES string of the molecule is COC(=O)c1c(Nc2ccc(F)cc2CCCN(C(=O)OC(C)(C)C)c2nc(OC)ccc2N)ccc(C(F)(F)F)c1F. The number of nitrogens with one attached hydrogen (secondary N) is 1. The maximum atomic E-state index is 14.9. The normalized spacial score (nSPS) is 11.6. The number of aromatic nitrogens is 1. The van der Waals surface area contributed by atoms with Crippen LogP contribution in [0.4, 0.5) is 49.6 Å². The molecular weight excluding hydrogens is 579 g/mol. The second-order valence-electron chi connectivity index (χ2n) is 10.3. The van der Waals surface area contributed by atoms with Crippen LogP contribution in [-0.4, -0.2) is 43.4 Å². The fraction of sp³-hybridized carbons (Fsp3) is 0.345. The van der Waals surface area contributed by atoms with E-state index in [1.165, 1.54) is 30.2 Å². The maximum Gasteiger partial charge on any atom is 0.419 e. The fourth-order valence-corrected chi connectivity index (χ4v) is 4.04. The number of esters is 1. The minimum Gasteiger partial charge on any atom is -0.481 e. The Morgan fingerprint density at radius 3 is 2.28 bits per heavy atom. The minimum atomic E-state index is -5.06. The van der Waals surface area contributed by atoms with Gasteiger partial charge in [0.05, 0.1) is 31.2 Å². The number of nitrogens with two attached hydrogens (primary N) is 1. The predicted molar refractivity (Wildman–Crippen MR) is 150 cm³/mol. The quantitative estimate of drug-likeness (QED) is 0.199. The lowest BCUT2D eigenvalue weighted by molar-refractivity contribution is -0.140. The van der Waals surface area contributed by atoms with Crippen molar-refractivity contribution in [3.8, 4) is 5.88 Å². The number of pyridine rings is 1. The van der Waals surface area contributed by atoms with E-state index in [4.69, 9.17) is 15.2 Å². The van der Waals surface area contributed by atoms with Crippen molar-refractivity contribution in [1.82, 2.24) is 4.98 Å². The van der Waals surface area contributed by atoms with E-state index in [2.05, 4.69) is 15.0 Å². The number of carbonyl (C=O) groups excluding carboxylic acids is 2. The summed E-state index contributed by atoms with van der Waals surface area (Å²) in [6.45, 7) is 5.05. The molecule has 0 spiro atoms. The molecule has 0 unspecified atom stereocenters. The molecule has 2 aromatic carbocycles. The number of amides is 1. The Morgan fingerprint density at radius 2 is 1.67 bits per heavy atom. The van der Waals surface area contributed by atoms with Crippen LogP contribution in [0.15, 0.2) is 42.5 Å². The highest BCUT2D eigenvalue weighted by Gasteiger charge is 2.37. The van der Waals surface area contributed by atoms with Crippen LogP contribution in [0.1, 0.15) is 48.7 Å². The van der Waals surface area contributed by atoms with Gasteiger partial charge in [-0.15, -0.1) is 0 Å². The molecule has 0 atom stereocenters. The lowest BCUT2D eigenvalue weighted by Gasteiger charge is -2.27. The number of carbonyl (C=O) groups is 2. The Morgan fingerprint density at radius 1 is 1.00 bits per heavy atom. The number of benzene rings is 2. The molecule has 3 rings (SSSR count). The van der Waals surface area contributed by atoms with Crippen molar-refractivity contribution in [2.24, 2.45) is 0 Å². The van der Waals surface area contributed by atoms with Gasteiger partial charge in [-0.05, 0) is 75.6 Å². The molecule has 1 aromatic heterocycles. The van der Waals surface area contributed by atoms with Crippen molar-refractivity contribution in [3.05, 3.63) is 70.8 Å². The summed E-state index contributed by atoms with van der Waals surface area (Å²) in [5.74, 6) is -3.51. The third-order valence-corrected chi connectivity index (χ3v) is 5.96. The molecule has 43 heavy (non-hydrogen) atoms. The second-order valence-corrected chi connectivity index (χ2v) is 10.3. The second kappa shape index (κ2) is 13.1. The highest BCUT2D eigenvalue weighted by atomic mass is 19.4. The van der Waals surface area contributed by atoms with E-state index in [0.29, 0.717) is 11.6 Å². The zero-order valence-electron chi connectivity index (χ0n) is 24.1. The smallest absolute Gasteiger partial charge is 0.419 e. The van der Waals surface area contributed by atoms with E-state index in [0.717, 1.165) is 25.3 Å². The number of nitrogen functional groups attached to an aromatic ring is 1. The minimum absolute atomic E-state index is 0.00243. The number of aryl methyl sites for hydroxylation is 1. The Labute approximate surface area is 244 Å². The molecular formula is C29H31F5N4O5. The number of nitrogens with zero attached hydrogens (tertiary/aromatic N) is 2. The summed E-state index contributed by atoms with van der Waals surface area (Å²) < 4.78 is 84.2. The van der Waals surface area contributed by atoms with Crippen LogP contribution >= 0.6 is 0 Å². The molecule has 0 radical (unpaired) electrons. The van der Waals surface area contributed by atoms with Gasteiger partial charge < -0.3 is 25.3 Å². The molecule has 3 aromatic rings. The summed E-state index contributed by atoms with van der Waals surface area (Å²) in [4.78, 5) is 30.9. The van der Waals surface area contributed by atoms with Gasteiger partial charge in [0, 0.05) is 18.3 Å². The van der Waals surface area contributed by atoms with Gasteiger partial charge in [-0.1, -0.05) is 0 Å². The van der Waals surface area contributed by atoms with Crippen molar-refractivity contribution in [2.45, 2.75) is 45.4 Å². The maximum absolute atomic E-state index is 14.9. The third-order valence-electron chi connectivity index (χ3n) is 5.96. The summed E-state index contributed by atoms with van der Waals surface area (Å²) >= 11 is 0. The summed E-state index contributed by atoms with van der Waals surface area (Å²) in [6.07, 6.45) is -5.51. The number of anilines is 4. The number of rotatable bonds is 9. The molecule has 0 aliphatic heterocycles. The standard InChI is InChI=1S/C29H31F5N4O5/c1-28(2,3)43-27(40)38(25-19(35)10-13-22(37-25)41-4)14-6-7-16-15-17(30)8-11-20(16)36-21-12-9-18(29(32,33)34)24(31)23(21)26(39)42-5/h8-13,15,36H,6-7,14,35H2,1-5H3. The molecule has 0 saturated carbocycles. The van der Waals surface area contributed by atoms with E-state index >= 15 is 0 Å². The molecule has 0 saturated heterocycles. The van der Waals surface area contributed by atoms with Crippen LogP contribution in [0.25, 0.3) is 0 Å². The molecule has 0 bridgehead atoms. The number of hydrogen-bond donors (Lipinski definition) is 2. The van der Waals surface area contributed by atoms with Gasteiger partial charge >= 0.3 is 18.2 Å². The van der Waals surface area contributed by atoms with Crippen molar-refractivity contribution in [2.75, 3.05) is 36.7 Å². The third kappa shape index (κ3) is 8.23. The Bertz CT molecular complexity index is 1490. The van der Waals surface area contributed by atoms with Gasteiger partial charge in [-0.25, -0.2) is 18.4 Å². The molecule has 14 heteroatoms. The van der Waals surface area contributed by atoms with Crippen molar-refractivity contribution < 1.29 is 45.8 Å². The summed E-state index contributed by atoms with van der Waals surface area (Å²) in [6, 6.07) is 7.92. The van der Waals surface area contributed by atoms with Crippen molar-refractivity contribution >= 4 is 34.9 Å². The highest BCUT2D eigenvalue weighted by molar-refractivity contribution is 5.97. The number of methoxy groups -OCH3 is 2. The monoisotopic (exact) mass is 610 g/mol. The summed E-state index contributed by atoms with van der Waals surface area (Å²) in [5.41, 5.74) is 2.95. The zero-order chi connectivity index (χ0) is 32.1. The number of hydrogen-bond acceptors (Lipinski definition) is 8. The fourth-order valence-electron chi connectivity index (χ4n) is 4.04. The molecule has 232 valence electrons. The van der Waals surface area contributed by atoms with Gasteiger partial charge in [0.15, 0.2) is 11.6 Å². The predicted octanol–water partition coefficient (Wildman–Crippen LogP) is 6.87. The largest absolute Gasteiger partial charge is 0.481 e. The first-order chi connectivity index (χ1) is 20.1. The molecule has 0 aliphatic rings. The Balaban J connectivity index is 1.94. The van der Waals surface area contributed by atoms with Gasteiger partial charge in [0.1, 0.15) is 17.0 Å². The van der Waals surface area contributed by atoms with Crippen LogP contribution in [-0.2, 0) is 22.1 Å². The van der Waals surface area contributed by atoms with Crippen LogP contribution in [0.3, 0.4) is 0 Å². The Hall–Kier alpha value is -4.62. The first kappa shape index (κ1) is 32.9. The van der Waals surface area contributed by atoms with Gasteiger partial charge in [-0.2, -0.15) is 18.2 Å². The first-order valence-corrected chi connectivity index (χ1v) is 12.9. The van der Waals surface area contributed by atoms with E-state index in [1.54, 1.807) is 20.8 Å². The number of halogens is 5. The molecule has 3 N–H and O–H groups in total. The molecule has 0 fully saturated rings. The van der Waals surface area contributed by atoms with Crippen LogP contribution < -0.4 is 20.7 Å². The molecule has 9 nitrogen and oxygen atoms in total. The zero-order valence-corrected chi connectivity index (χ0v) is 24.1. The topological polar surface area (TPSA) is 116 Å². The lowest BCUT2D eigenvalue weighted by Crippen LogP contribution is -2.38. The van der Waals surface area contributed by atoms with E-state index in [9.17, 15) is 31.5 Å². The molecule has 0 aliphatic carbocycles. The van der Waals surface area contributed by atoms with E-state index in [1.807, 2.05) is 0 Å². The van der Waals surface area contributed by atoms with Gasteiger partial charge in [-0.3, -0.25) is 4.90 Å². The number of alkyl halides is 3. The van der Waals surface area contributed by atoms with Crippen LogP contribution in [0, 0.1) is 11.6 Å². The summed E-state index contributed by atoms with van der Waals surface area (Å²) in [5, 5.41) is 2.72. The lowest BCUT2D eigenvalue weighted by atomic mass is 10.0. The van der Waals surface area contributed by atoms with Gasteiger partial charge in [0.2, 0.25) is 5.88 Å². The van der Waals surface area contributed by atoms with Crippen LogP contribution in [0.5, 0.6) is 5.88 Å². The van der Waals surface area contributed by atoms with Crippen molar-refractivity contribution in [1.29, 1.82) is 0 Å². The van der Waals surface area contributed by atoms with E-state index < -0.39 is 46.6 Å². The first-order valence-electron chi connectivity index (χ1n) is 12.9. The average Bonchev–Trinajstić information content (AvgIpc) is 2.91. The van der Waals surface area contributed by atoms with Crippen molar-refractivity contribution in [3.63, 3.8) is 0 Å². The summed E-state index contributed by atoms with van der Waals surface area (Å²) in [7, 11) is 2.29. The van der Waals surface area contributed by atoms with Crippen LogP contribution in [0.2, 0.25) is 0 Å². The van der Waals surface area contributed by atoms with E-state index in [-0.39, 0.29) is 48.1 Å². The highest BCUT2D eigenvalue weighted by Crippen LogP contribution is 2.37. The van der Waals surface area contributed by atoms with Gasteiger partial charge in [0.25, 0.3) is 0 Å². The number of ether oxygens (including phenoxy) is 3. The Kier molecular flexibility index (Phi) is 10.0. The molecule has 1 heterocycles.